The van der Waals surface area contributed by atoms with Crippen molar-refractivity contribution < 1.29 is 14.3 Å². The molecule has 0 saturated heterocycles. The molecule has 6 nitrogen and oxygen atoms in total. The number of hydrogen-bond acceptors (Lipinski definition) is 4. The molecule has 0 heterocycles. The molecule has 1 atom stereocenters. The Bertz CT molecular complexity index is 494. The fraction of sp³-hybridized carbons (Fsp3) is 0.357. The number of benzene rings is 1. The Balaban J connectivity index is 2.59. The largest absolute Gasteiger partial charge is 0.449 e. The predicted octanol–water partition coefficient (Wildman–Crippen LogP) is 1.90. The summed E-state index contributed by atoms with van der Waals surface area (Å²) in [7, 11) is 0. The summed E-state index contributed by atoms with van der Waals surface area (Å²) >= 11 is 0. The summed E-state index contributed by atoms with van der Waals surface area (Å²) in [6.45, 7) is 3.23. The van der Waals surface area contributed by atoms with E-state index < -0.39 is 18.0 Å². The summed E-state index contributed by atoms with van der Waals surface area (Å²) in [6.07, 6.45) is 0. The van der Waals surface area contributed by atoms with Crippen LogP contribution in [-0.4, -0.2) is 24.6 Å². The molecule has 2 amide bonds. The molecular weight excluding hydrogens is 258 g/mol. The first kappa shape index (κ1) is 15.5. The molecule has 106 valence electrons. The second kappa shape index (κ2) is 7.79. The highest BCUT2D eigenvalue weighted by Gasteiger charge is 2.25. The van der Waals surface area contributed by atoms with Crippen LogP contribution in [0.25, 0.3) is 0 Å². The normalized spacial score (nSPS) is 11.3. The van der Waals surface area contributed by atoms with Gasteiger partial charge in [0.05, 0.1) is 0 Å². The van der Waals surface area contributed by atoms with Crippen LogP contribution in [0.5, 0.6) is 0 Å². The lowest BCUT2D eigenvalue weighted by Gasteiger charge is -2.20. The number of anilines is 1. The van der Waals surface area contributed by atoms with Gasteiger partial charge >= 0.3 is 12.0 Å². The summed E-state index contributed by atoms with van der Waals surface area (Å²) < 4.78 is 4.72. The van der Waals surface area contributed by atoms with Crippen LogP contribution in [-0.2, 0) is 9.53 Å². The van der Waals surface area contributed by atoms with Gasteiger partial charge in [0.2, 0.25) is 0 Å². The number of rotatable bonds is 5. The van der Waals surface area contributed by atoms with E-state index >= 15 is 0 Å². The van der Waals surface area contributed by atoms with Gasteiger partial charge < -0.3 is 15.4 Å². The number of carbonyl (C=O) groups is 2. The van der Waals surface area contributed by atoms with Gasteiger partial charge in [-0.2, -0.15) is 5.26 Å². The number of nitriles is 1. The van der Waals surface area contributed by atoms with Crippen LogP contribution in [0.2, 0.25) is 0 Å². The first-order valence-electron chi connectivity index (χ1n) is 6.20. The zero-order valence-corrected chi connectivity index (χ0v) is 11.4. The fourth-order valence-corrected chi connectivity index (χ4v) is 1.52. The van der Waals surface area contributed by atoms with E-state index in [1.54, 1.807) is 44.2 Å². The van der Waals surface area contributed by atoms with Crippen molar-refractivity contribution in [2.75, 3.05) is 11.9 Å². The summed E-state index contributed by atoms with van der Waals surface area (Å²) in [4.78, 5) is 23.5. The van der Waals surface area contributed by atoms with Crippen molar-refractivity contribution in [1.82, 2.24) is 5.32 Å². The van der Waals surface area contributed by atoms with E-state index in [1.165, 1.54) is 0 Å². The molecule has 0 aromatic heterocycles. The molecule has 0 saturated carbocycles. The van der Waals surface area contributed by atoms with Crippen molar-refractivity contribution in [3.8, 4) is 6.07 Å². The summed E-state index contributed by atoms with van der Waals surface area (Å²) in [6, 6.07) is 9.30. The molecule has 0 aliphatic rings. The van der Waals surface area contributed by atoms with Gasteiger partial charge in [-0.05, 0) is 18.1 Å². The zero-order chi connectivity index (χ0) is 15.0. The number of carbonyl (C=O) groups excluding carboxylic acids is 2. The molecule has 0 aliphatic carbocycles. The average molecular weight is 275 g/mol. The first-order valence-corrected chi connectivity index (χ1v) is 6.20. The number of ether oxygens (including phenoxy) is 1. The number of nitrogens with zero attached hydrogens (tertiary/aromatic N) is 1. The molecule has 1 rings (SSSR count). The van der Waals surface area contributed by atoms with Gasteiger partial charge in [-0.25, -0.2) is 9.59 Å². The molecular formula is C14H17N3O3. The van der Waals surface area contributed by atoms with Crippen LogP contribution in [0.1, 0.15) is 13.8 Å². The van der Waals surface area contributed by atoms with Crippen LogP contribution < -0.4 is 10.6 Å². The number of esters is 1. The minimum Gasteiger partial charge on any atom is -0.449 e. The van der Waals surface area contributed by atoms with Crippen LogP contribution in [0.4, 0.5) is 10.5 Å². The molecule has 0 spiro atoms. The molecule has 0 unspecified atom stereocenters. The molecule has 0 fully saturated rings. The molecule has 6 heteroatoms. The van der Waals surface area contributed by atoms with E-state index in [2.05, 4.69) is 10.6 Å². The Labute approximate surface area is 117 Å². The van der Waals surface area contributed by atoms with Gasteiger partial charge in [0.15, 0.2) is 6.61 Å². The molecule has 1 aromatic carbocycles. The Morgan fingerprint density at radius 1 is 1.30 bits per heavy atom. The third-order valence-electron chi connectivity index (χ3n) is 2.52. The van der Waals surface area contributed by atoms with Crippen molar-refractivity contribution in [3.05, 3.63) is 30.3 Å². The zero-order valence-electron chi connectivity index (χ0n) is 11.4. The van der Waals surface area contributed by atoms with Gasteiger partial charge in [-0.1, -0.05) is 32.0 Å². The molecule has 0 radical (unpaired) electrons. The number of hydrogen-bond donors (Lipinski definition) is 2. The third kappa shape index (κ3) is 4.98. The van der Waals surface area contributed by atoms with E-state index in [4.69, 9.17) is 10.00 Å². The van der Waals surface area contributed by atoms with E-state index in [1.807, 2.05) is 6.07 Å². The van der Waals surface area contributed by atoms with E-state index in [9.17, 15) is 9.59 Å². The van der Waals surface area contributed by atoms with Crippen LogP contribution >= 0.6 is 0 Å². The van der Waals surface area contributed by atoms with Crippen molar-refractivity contribution in [2.24, 2.45) is 5.92 Å². The monoisotopic (exact) mass is 275 g/mol. The molecule has 20 heavy (non-hydrogen) atoms. The van der Waals surface area contributed by atoms with Crippen molar-refractivity contribution in [3.63, 3.8) is 0 Å². The van der Waals surface area contributed by atoms with Gasteiger partial charge in [0.25, 0.3) is 0 Å². The minimum absolute atomic E-state index is 0.150. The highest BCUT2D eigenvalue weighted by Crippen LogP contribution is 2.07. The summed E-state index contributed by atoms with van der Waals surface area (Å²) in [5.74, 6) is -0.771. The van der Waals surface area contributed by atoms with Gasteiger partial charge in [-0.3, -0.25) is 0 Å². The van der Waals surface area contributed by atoms with Crippen molar-refractivity contribution in [2.45, 2.75) is 19.9 Å². The second-order valence-electron chi connectivity index (χ2n) is 4.45. The highest BCUT2D eigenvalue weighted by atomic mass is 16.5. The maximum absolute atomic E-state index is 11.8. The van der Waals surface area contributed by atoms with Crippen molar-refractivity contribution in [1.29, 1.82) is 5.26 Å². The SMILES string of the molecule is CC(C)[C@H](NC(=O)Nc1ccccc1)C(=O)OCC#N. The Morgan fingerprint density at radius 2 is 1.95 bits per heavy atom. The number of urea groups is 1. The van der Waals surface area contributed by atoms with Gasteiger partial charge in [0, 0.05) is 5.69 Å². The van der Waals surface area contributed by atoms with Gasteiger partial charge in [-0.15, -0.1) is 0 Å². The molecule has 2 N–H and O–H groups in total. The summed E-state index contributed by atoms with van der Waals surface area (Å²) in [5.41, 5.74) is 0.623. The smallest absolute Gasteiger partial charge is 0.329 e. The molecule has 0 bridgehead atoms. The van der Waals surface area contributed by atoms with E-state index in [0.717, 1.165) is 0 Å². The topological polar surface area (TPSA) is 91.2 Å². The number of para-hydroxylation sites is 1. The van der Waals surface area contributed by atoms with Crippen LogP contribution in [0.15, 0.2) is 30.3 Å². The third-order valence-corrected chi connectivity index (χ3v) is 2.52. The minimum atomic E-state index is -0.799. The molecule has 0 aliphatic heterocycles. The Kier molecular flexibility index (Phi) is 6.04. The Morgan fingerprint density at radius 3 is 2.50 bits per heavy atom. The van der Waals surface area contributed by atoms with E-state index in [0.29, 0.717) is 5.69 Å². The lowest BCUT2D eigenvalue weighted by atomic mass is 10.1. The van der Waals surface area contributed by atoms with Crippen molar-refractivity contribution >= 4 is 17.7 Å². The quantitative estimate of drug-likeness (QED) is 0.803. The van der Waals surface area contributed by atoms with E-state index in [-0.39, 0.29) is 12.5 Å². The standard InChI is InChI=1S/C14H17N3O3/c1-10(2)12(13(18)20-9-8-15)17-14(19)16-11-6-4-3-5-7-11/h3-7,10,12H,9H2,1-2H3,(H2,16,17,19)/t12-/m0/s1. The lowest BCUT2D eigenvalue weighted by molar-refractivity contribution is -0.145. The lowest BCUT2D eigenvalue weighted by Crippen LogP contribution is -2.47. The number of nitrogens with one attached hydrogen (secondary N) is 2. The maximum atomic E-state index is 11.8. The fourth-order valence-electron chi connectivity index (χ4n) is 1.52. The van der Waals surface area contributed by atoms with Crippen LogP contribution in [0, 0.1) is 17.2 Å². The molecule has 1 aromatic rings. The highest BCUT2D eigenvalue weighted by molar-refractivity contribution is 5.92. The average Bonchev–Trinajstić information content (AvgIpc) is 2.43. The maximum Gasteiger partial charge on any atom is 0.329 e. The second-order valence-corrected chi connectivity index (χ2v) is 4.45. The van der Waals surface area contributed by atoms with Gasteiger partial charge in [0.1, 0.15) is 12.1 Å². The first-order chi connectivity index (χ1) is 9.54. The number of amides is 2. The van der Waals surface area contributed by atoms with Crippen LogP contribution in [0.3, 0.4) is 0 Å². The Hall–Kier alpha value is -2.55. The summed E-state index contributed by atoms with van der Waals surface area (Å²) in [5, 5.41) is 13.5. The predicted molar refractivity (Wildman–Crippen MR) is 73.8 cm³/mol.